The third-order valence-corrected chi connectivity index (χ3v) is 4.45. The minimum absolute atomic E-state index is 0.429. The normalized spacial score (nSPS) is 10.6. The summed E-state index contributed by atoms with van der Waals surface area (Å²) in [7, 11) is 1.85. The molecule has 0 amide bonds. The summed E-state index contributed by atoms with van der Waals surface area (Å²) in [6.07, 6.45) is 0.968. The number of nitrogens with one attached hydrogen (secondary N) is 2. The third kappa shape index (κ3) is 5.26. The molecule has 0 atom stereocenters. The van der Waals surface area contributed by atoms with Gasteiger partial charge in [-0.2, -0.15) is 0 Å². The lowest BCUT2D eigenvalue weighted by Crippen LogP contribution is -2.09. The third-order valence-electron chi connectivity index (χ3n) is 2.77. The number of ether oxygens (including phenoxy) is 1. The van der Waals surface area contributed by atoms with Crippen LogP contribution in [0.1, 0.15) is 17.6 Å². The van der Waals surface area contributed by atoms with E-state index in [2.05, 4.69) is 48.7 Å². The van der Waals surface area contributed by atoms with E-state index in [1.54, 1.807) is 11.3 Å². The van der Waals surface area contributed by atoms with E-state index in [-0.39, 0.29) is 0 Å². The zero-order chi connectivity index (χ0) is 15.1. The van der Waals surface area contributed by atoms with E-state index < -0.39 is 0 Å². The highest BCUT2D eigenvalue weighted by molar-refractivity contribution is 9.11. The van der Waals surface area contributed by atoms with Crippen molar-refractivity contribution < 1.29 is 4.74 Å². The van der Waals surface area contributed by atoms with Gasteiger partial charge in [0.1, 0.15) is 18.2 Å². The number of aromatic nitrogens is 2. The van der Waals surface area contributed by atoms with E-state index in [4.69, 9.17) is 4.74 Å². The maximum Gasteiger partial charge on any atom is 0.158 e. The summed E-state index contributed by atoms with van der Waals surface area (Å²) in [6.45, 7) is 3.88. The van der Waals surface area contributed by atoms with Crippen LogP contribution < -0.4 is 10.6 Å². The number of nitrogens with zero attached hydrogens (tertiary/aromatic N) is 2. The Labute approximate surface area is 137 Å². The van der Waals surface area contributed by atoms with Gasteiger partial charge in [-0.15, -0.1) is 11.3 Å². The van der Waals surface area contributed by atoms with Crippen LogP contribution in [0.3, 0.4) is 0 Å². The smallest absolute Gasteiger partial charge is 0.158 e. The molecule has 7 heteroatoms. The summed E-state index contributed by atoms with van der Waals surface area (Å²) < 4.78 is 6.53. The molecule has 2 N–H and O–H groups in total. The maximum absolute atomic E-state index is 5.37. The van der Waals surface area contributed by atoms with Crippen LogP contribution >= 0.6 is 27.3 Å². The molecule has 0 aromatic carbocycles. The van der Waals surface area contributed by atoms with E-state index in [1.807, 2.05) is 20.0 Å². The largest absolute Gasteiger partial charge is 0.374 e. The van der Waals surface area contributed by atoms with Gasteiger partial charge in [-0.05, 0) is 41.4 Å². The second-order valence-corrected chi connectivity index (χ2v) is 6.87. The molecule has 2 aromatic rings. The predicted octanol–water partition coefficient (Wildman–Crippen LogP) is 3.53. The van der Waals surface area contributed by atoms with Gasteiger partial charge in [0.2, 0.25) is 0 Å². The minimum atomic E-state index is 0.429. The Morgan fingerprint density at radius 2 is 2.10 bits per heavy atom. The molecule has 0 saturated carbocycles. The molecule has 0 aliphatic rings. The van der Waals surface area contributed by atoms with Crippen molar-refractivity contribution in [2.75, 3.05) is 30.8 Å². The zero-order valence-electron chi connectivity index (χ0n) is 12.1. The van der Waals surface area contributed by atoms with E-state index >= 15 is 0 Å². The van der Waals surface area contributed by atoms with Gasteiger partial charge in [0.05, 0.1) is 3.79 Å². The quantitative estimate of drug-likeness (QED) is 0.744. The van der Waals surface area contributed by atoms with Crippen LogP contribution in [0, 0.1) is 0 Å². The average molecular weight is 371 g/mol. The molecule has 21 heavy (non-hydrogen) atoms. The van der Waals surface area contributed by atoms with Crippen molar-refractivity contribution in [3.8, 4) is 0 Å². The summed E-state index contributed by atoms with van der Waals surface area (Å²) >= 11 is 5.23. The van der Waals surface area contributed by atoms with Crippen molar-refractivity contribution >= 4 is 38.9 Å². The fraction of sp³-hybridized carbons (Fsp3) is 0.429. The molecule has 0 radical (unpaired) electrons. The SMILES string of the molecule is CCOCc1nc(NC)cc(NCCc2ccc(Br)s2)n1. The molecule has 2 rings (SSSR count). The molecule has 0 spiro atoms. The van der Waals surface area contributed by atoms with Crippen molar-refractivity contribution in [1.29, 1.82) is 0 Å². The Kier molecular flexibility index (Phi) is 6.41. The Bertz CT molecular complexity index is 576. The van der Waals surface area contributed by atoms with Gasteiger partial charge in [0.25, 0.3) is 0 Å². The molecule has 2 heterocycles. The fourth-order valence-corrected chi connectivity index (χ4v) is 3.26. The van der Waals surface area contributed by atoms with Crippen LogP contribution in [0.4, 0.5) is 11.6 Å². The summed E-state index contributed by atoms with van der Waals surface area (Å²) in [4.78, 5) is 10.2. The van der Waals surface area contributed by atoms with Crippen LogP contribution in [-0.2, 0) is 17.8 Å². The highest BCUT2D eigenvalue weighted by atomic mass is 79.9. The highest BCUT2D eigenvalue weighted by Gasteiger charge is 2.04. The number of hydrogen-bond acceptors (Lipinski definition) is 6. The van der Waals surface area contributed by atoms with Crippen molar-refractivity contribution in [3.63, 3.8) is 0 Å². The molecule has 0 bridgehead atoms. The summed E-state index contributed by atoms with van der Waals surface area (Å²) in [5.74, 6) is 2.30. The molecular formula is C14H19BrN4OS. The minimum Gasteiger partial charge on any atom is -0.374 e. The fourth-order valence-electron chi connectivity index (χ4n) is 1.77. The number of rotatable bonds is 8. The molecule has 114 valence electrons. The Balaban J connectivity index is 1.94. The van der Waals surface area contributed by atoms with Gasteiger partial charge in [-0.3, -0.25) is 0 Å². The monoisotopic (exact) mass is 370 g/mol. The van der Waals surface area contributed by atoms with Gasteiger partial charge in [-0.1, -0.05) is 0 Å². The standard InChI is InChI=1S/C14H19BrN4OS/c1-3-20-9-14-18-12(16-2)8-13(19-14)17-7-6-10-4-5-11(15)21-10/h4-5,8H,3,6-7,9H2,1-2H3,(H2,16,17,18,19). The lowest BCUT2D eigenvalue weighted by Gasteiger charge is -2.09. The molecule has 0 fully saturated rings. The van der Waals surface area contributed by atoms with Gasteiger partial charge < -0.3 is 15.4 Å². The topological polar surface area (TPSA) is 59.1 Å². The van der Waals surface area contributed by atoms with Crippen molar-refractivity contribution in [1.82, 2.24) is 9.97 Å². The first-order valence-corrected chi connectivity index (χ1v) is 8.43. The molecule has 5 nitrogen and oxygen atoms in total. The predicted molar refractivity (Wildman–Crippen MR) is 91.1 cm³/mol. The number of halogens is 1. The van der Waals surface area contributed by atoms with Gasteiger partial charge in [0, 0.05) is 31.1 Å². The number of thiophene rings is 1. The van der Waals surface area contributed by atoms with E-state index in [0.29, 0.717) is 19.0 Å². The zero-order valence-corrected chi connectivity index (χ0v) is 14.6. The summed E-state index contributed by atoms with van der Waals surface area (Å²) in [6, 6.07) is 6.11. The number of anilines is 2. The van der Waals surface area contributed by atoms with Crippen LogP contribution in [0.5, 0.6) is 0 Å². The summed E-state index contributed by atoms with van der Waals surface area (Å²) in [5.41, 5.74) is 0. The Morgan fingerprint density at radius 1 is 1.29 bits per heavy atom. The van der Waals surface area contributed by atoms with Gasteiger partial charge in [-0.25, -0.2) is 9.97 Å². The van der Waals surface area contributed by atoms with E-state index in [1.165, 1.54) is 4.88 Å². The van der Waals surface area contributed by atoms with Crippen LogP contribution in [-0.4, -0.2) is 30.2 Å². The maximum atomic E-state index is 5.37. The van der Waals surface area contributed by atoms with Crippen molar-refractivity contribution in [2.24, 2.45) is 0 Å². The Hall–Kier alpha value is -1.18. The van der Waals surface area contributed by atoms with E-state index in [0.717, 1.165) is 28.4 Å². The Morgan fingerprint density at radius 3 is 2.76 bits per heavy atom. The van der Waals surface area contributed by atoms with Gasteiger partial charge in [0.15, 0.2) is 5.82 Å². The molecule has 0 unspecified atom stereocenters. The molecular weight excluding hydrogens is 352 g/mol. The van der Waals surface area contributed by atoms with Crippen molar-refractivity contribution in [2.45, 2.75) is 20.0 Å². The van der Waals surface area contributed by atoms with Gasteiger partial charge >= 0.3 is 0 Å². The van der Waals surface area contributed by atoms with Crippen molar-refractivity contribution in [3.05, 3.63) is 32.7 Å². The average Bonchev–Trinajstić information content (AvgIpc) is 2.90. The molecule has 2 aromatic heterocycles. The summed E-state index contributed by atoms with van der Waals surface area (Å²) in [5, 5.41) is 6.38. The number of hydrogen-bond donors (Lipinski definition) is 2. The lowest BCUT2D eigenvalue weighted by molar-refractivity contribution is 0.128. The van der Waals surface area contributed by atoms with Crippen LogP contribution in [0.25, 0.3) is 0 Å². The lowest BCUT2D eigenvalue weighted by atomic mass is 10.3. The second kappa shape index (κ2) is 8.31. The first-order valence-electron chi connectivity index (χ1n) is 6.82. The van der Waals surface area contributed by atoms with Crippen LogP contribution in [0.15, 0.2) is 22.0 Å². The van der Waals surface area contributed by atoms with E-state index in [9.17, 15) is 0 Å². The first-order chi connectivity index (χ1) is 10.2. The molecule has 0 aliphatic heterocycles. The highest BCUT2D eigenvalue weighted by Crippen LogP contribution is 2.22. The molecule has 0 aliphatic carbocycles. The second-order valence-electron chi connectivity index (χ2n) is 4.32. The first kappa shape index (κ1) is 16.2. The molecule has 0 saturated heterocycles. The van der Waals surface area contributed by atoms with Crippen LogP contribution in [0.2, 0.25) is 0 Å².